The van der Waals surface area contributed by atoms with Crippen LogP contribution >= 0.6 is 11.6 Å². The molecule has 0 bridgehead atoms. The van der Waals surface area contributed by atoms with Gasteiger partial charge < -0.3 is 11.1 Å². The van der Waals surface area contributed by atoms with E-state index in [1.165, 1.54) is 23.0 Å². The van der Waals surface area contributed by atoms with E-state index in [1.54, 1.807) is 25.1 Å². The highest BCUT2D eigenvalue weighted by atomic mass is 35.5. The molecule has 188 valence electrons. The summed E-state index contributed by atoms with van der Waals surface area (Å²) in [7, 11) is 0. The van der Waals surface area contributed by atoms with E-state index in [0.717, 1.165) is 0 Å². The molecule has 2 aromatic carbocycles. The second-order valence-corrected chi connectivity index (χ2v) is 8.85. The molecule has 0 saturated heterocycles. The van der Waals surface area contributed by atoms with Crippen LogP contribution in [0, 0.1) is 24.6 Å². The zero-order valence-corrected chi connectivity index (χ0v) is 21.2. The van der Waals surface area contributed by atoms with Gasteiger partial charge in [0.15, 0.2) is 0 Å². The van der Waals surface area contributed by atoms with E-state index in [4.69, 9.17) is 22.3 Å². The molecule has 3 aromatic heterocycles. The van der Waals surface area contributed by atoms with E-state index >= 15 is 0 Å². The van der Waals surface area contributed by atoms with Crippen LogP contribution in [0.3, 0.4) is 0 Å². The summed E-state index contributed by atoms with van der Waals surface area (Å²) in [6, 6.07) is 16.6. The van der Waals surface area contributed by atoms with Gasteiger partial charge in [-0.25, -0.2) is 24.3 Å². The normalized spacial score (nSPS) is 11.6. The Labute approximate surface area is 222 Å². The third-order valence-electron chi connectivity index (χ3n) is 5.84. The van der Waals surface area contributed by atoms with Crippen molar-refractivity contribution in [2.45, 2.75) is 19.9 Å². The van der Waals surface area contributed by atoms with E-state index in [9.17, 15) is 9.18 Å². The molecular formula is C28H21ClFN7O. The first-order valence-electron chi connectivity index (χ1n) is 11.6. The van der Waals surface area contributed by atoms with Crippen LogP contribution in [0.4, 0.5) is 16.0 Å². The van der Waals surface area contributed by atoms with Gasteiger partial charge in [-0.1, -0.05) is 41.8 Å². The number of aromatic nitrogens is 5. The number of nitrogens with two attached hydrogens (primary N) is 1. The summed E-state index contributed by atoms with van der Waals surface area (Å²) in [5.74, 6) is 6.34. The molecule has 0 aliphatic carbocycles. The third kappa shape index (κ3) is 4.77. The number of pyridine rings is 1. The van der Waals surface area contributed by atoms with Gasteiger partial charge in [-0.3, -0.25) is 9.36 Å². The molecule has 8 nitrogen and oxygen atoms in total. The number of aryl methyl sites for hydroxylation is 1. The van der Waals surface area contributed by atoms with Crippen molar-refractivity contribution in [2.24, 2.45) is 0 Å². The highest BCUT2D eigenvalue weighted by Crippen LogP contribution is 2.26. The Morgan fingerprint density at radius 1 is 1.03 bits per heavy atom. The zero-order chi connectivity index (χ0) is 26.8. The molecule has 0 aliphatic rings. The van der Waals surface area contributed by atoms with Crippen LogP contribution in [0.1, 0.15) is 35.7 Å². The smallest absolute Gasteiger partial charge is 0.267 e. The van der Waals surface area contributed by atoms with Crippen molar-refractivity contribution in [2.75, 3.05) is 11.1 Å². The molecule has 5 aromatic rings. The van der Waals surface area contributed by atoms with Crippen LogP contribution in [0.25, 0.3) is 16.6 Å². The number of para-hydroxylation sites is 1. The fraction of sp³-hybridized carbons (Fsp3) is 0.107. The van der Waals surface area contributed by atoms with Gasteiger partial charge in [0.1, 0.15) is 40.9 Å². The Kier molecular flexibility index (Phi) is 6.73. The molecule has 0 amide bonds. The van der Waals surface area contributed by atoms with Crippen LogP contribution < -0.4 is 16.6 Å². The molecule has 0 saturated carbocycles. The lowest BCUT2D eigenvalue weighted by atomic mass is 10.2. The van der Waals surface area contributed by atoms with Crippen molar-refractivity contribution in [3.63, 3.8) is 0 Å². The van der Waals surface area contributed by atoms with Crippen LogP contribution in [-0.4, -0.2) is 24.5 Å². The quantitative estimate of drug-likeness (QED) is 0.323. The topological polar surface area (TPSA) is 112 Å². The Hall–Kier alpha value is -4.81. The van der Waals surface area contributed by atoms with Crippen molar-refractivity contribution in [1.29, 1.82) is 0 Å². The van der Waals surface area contributed by atoms with E-state index in [0.29, 0.717) is 44.5 Å². The lowest BCUT2D eigenvalue weighted by molar-refractivity contribution is 0.609. The molecule has 0 aliphatic heterocycles. The van der Waals surface area contributed by atoms with Gasteiger partial charge >= 0.3 is 0 Å². The standard InChI is InChI=1S/C28H21ClFN7O/c1-16-22(30)14-12-18(34-16)11-13-20-25(31)32-15-33-26(20)35-17(2)27-36-23-10-6-9-21(29)24(23)28(38)37(27)19-7-4-3-5-8-19/h3-10,12,14-15,17H,1-2H3,(H3,31,32,33,35). The number of hydrogen-bond acceptors (Lipinski definition) is 7. The van der Waals surface area contributed by atoms with E-state index in [1.807, 2.05) is 37.3 Å². The number of nitrogen functional groups attached to an aromatic ring is 1. The first-order chi connectivity index (χ1) is 18.3. The molecule has 0 fully saturated rings. The summed E-state index contributed by atoms with van der Waals surface area (Å²) in [6.45, 7) is 3.41. The average Bonchev–Trinajstić information content (AvgIpc) is 2.90. The molecule has 0 spiro atoms. The van der Waals surface area contributed by atoms with E-state index < -0.39 is 11.9 Å². The predicted octanol–water partition coefficient (Wildman–Crippen LogP) is 4.83. The molecule has 3 N–H and O–H groups in total. The lowest BCUT2D eigenvalue weighted by Crippen LogP contribution is -2.27. The first kappa shape index (κ1) is 24.9. The molecule has 10 heteroatoms. The number of nitrogens with one attached hydrogen (secondary N) is 1. The summed E-state index contributed by atoms with van der Waals surface area (Å²) >= 11 is 6.38. The molecule has 3 heterocycles. The van der Waals surface area contributed by atoms with Crippen LogP contribution in [0.5, 0.6) is 0 Å². The summed E-state index contributed by atoms with van der Waals surface area (Å²) in [4.78, 5) is 31.0. The predicted molar refractivity (Wildman–Crippen MR) is 146 cm³/mol. The van der Waals surface area contributed by atoms with E-state index in [-0.39, 0.29) is 17.1 Å². The van der Waals surface area contributed by atoms with Crippen molar-refractivity contribution in [1.82, 2.24) is 24.5 Å². The number of nitrogens with zero attached hydrogens (tertiary/aromatic N) is 5. The molecule has 1 atom stereocenters. The SMILES string of the molecule is Cc1nc(C#Cc2c(N)ncnc2NC(C)c2nc3cccc(Cl)c3c(=O)n2-c2ccccc2)ccc1F. The van der Waals surface area contributed by atoms with Gasteiger partial charge in [0.05, 0.1) is 33.3 Å². The van der Waals surface area contributed by atoms with Crippen LogP contribution in [0.2, 0.25) is 5.02 Å². The summed E-state index contributed by atoms with van der Waals surface area (Å²) < 4.78 is 15.1. The second-order valence-electron chi connectivity index (χ2n) is 8.44. The molecular weight excluding hydrogens is 505 g/mol. The summed E-state index contributed by atoms with van der Waals surface area (Å²) in [5, 5.41) is 3.92. The van der Waals surface area contributed by atoms with Gasteiger partial charge in [-0.05, 0) is 56.2 Å². The van der Waals surface area contributed by atoms with Crippen molar-refractivity contribution < 1.29 is 4.39 Å². The van der Waals surface area contributed by atoms with E-state index in [2.05, 4.69) is 32.1 Å². The molecule has 0 radical (unpaired) electrons. The lowest BCUT2D eigenvalue weighted by Gasteiger charge is -2.21. The fourth-order valence-electron chi connectivity index (χ4n) is 3.97. The van der Waals surface area contributed by atoms with Gasteiger partial charge in [-0.2, -0.15) is 0 Å². The fourth-order valence-corrected chi connectivity index (χ4v) is 4.22. The third-order valence-corrected chi connectivity index (χ3v) is 6.16. The minimum Gasteiger partial charge on any atom is -0.382 e. The number of anilines is 2. The van der Waals surface area contributed by atoms with Crippen molar-refractivity contribution in [3.05, 3.63) is 111 Å². The van der Waals surface area contributed by atoms with Gasteiger partial charge in [-0.15, -0.1) is 0 Å². The number of rotatable bonds is 4. The maximum Gasteiger partial charge on any atom is 0.267 e. The highest BCUT2D eigenvalue weighted by Gasteiger charge is 2.21. The summed E-state index contributed by atoms with van der Waals surface area (Å²) in [5.41, 5.74) is 7.88. The maximum atomic E-state index is 13.7. The van der Waals surface area contributed by atoms with Crippen LogP contribution in [-0.2, 0) is 0 Å². The monoisotopic (exact) mass is 525 g/mol. The highest BCUT2D eigenvalue weighted by molar-refractivity contribution is 6.35. The molecule has 5 rings (SSSR count). The number of halogens is 2. The van der Waals surface area contributed by atoms with Crippen LogP contribution in [0.15, 0.2) is 71.8 Å². The van der Waals surface area contributed by atoms with Crippen molar-refractivity contribution >= 4 is 34.1 Å². The Morgan fingerprint density at radius 3 is 2.58 bits per heavy atom. The maximum absolute atomic E-state index is 13.7. The number of benzene rings is 2. The van der Waals surface area contributed by atoms with Gasteiger partial charge in [0.2, 0.25) is 0 Å². The average molecular weight is 526 g/mol. The number of hydrogen-bond donors (Lipinski definition) is 2. The number of fused-ring (bicyclic) bond motifs is 1. The summed E-state index contributed by atoms with van der Waals surface area (Å²) in [6.07, 6.45) is 1.31. The minimum absolute atomic E-state index is 0.153. The molecule has 1 unspecified atom stereocenters. The van der Waals surface area contributed by atoms with Gasteiger partial charge in [0, 0.05) is 0 Å². The van der Waals surface area contributed by atoms with Crippen molar-refractivity contribution in [3.8, 4) is 17.5 Å². The zero-order valence-electron chi connectivity index (χ0n) is 20.4. The second kappa shape index (κ2) is 10.3. The van der Waals surface area contributed by atoms with Gasteiger partial charge in [0.25, 0.3) is 5.56 Å². The molecule has 38 heavy (non-hydrogen) atoms. The first-order valence-corrected chi connectivity index (χ1v) is 12.0. The Bertz CT molecular complexity index is 1800. The Balaban J connectivity index is 1.60. The minimum atomic E-state index is -0.521. The largest absolute Gasteiger partial charge is 0.382 e. The Morgan fingerprint density at radius 2 is 1.82 bits per heavy atom.